The van der Waals surface area contributed by atoms with Crippen LogP contribution in [-0.4, -0.2) is 16.5 Å². The van der Waals surface area contributed by atoms with Crippen molar-refractivity contribution in [1.82, 2.24) is 0 Å². The summed E-state index contributed by atoms with van der Waals surface area (Å²) in [5.74, 6) is 0.848. The molecule has 1 aliphatic rings. The zero-order valence-electron chi connectivity index (χ0n) is 9.90. The van der Waals surface area contributed by atoms with Gasteiger partial charge in [0.1, 0.15) is 0 Å². The van der Waals surface area contributed by atoms with Gasteiger partial charge in [-0.2, -0.15) is 0 Å². The molecule has 0 saturated heterocycles. The van der Waals surface area contributed by atoms with Gasteiger partial charge in [0, 0.05) is 33.7 Å². The summed E-state index contributed by atoms with van der Waals surface area (Å²) in [5, 5.41) is 3.55. The van der Waals surface area contributed by atoms with Crippen molar-refractivity contribution >= 4 is 16.5 Å². The Kier molecular flexibility index (Phi) is 3.64. The summed E-state index contributed by atoms with van der Waals surface area (Å²) in [6.45, 7) is 2.22. The minimum Gasteiger partial charge on any atom is -0.382 e. The van der Waals surface area contributed by atoms with E-state index >= 15 is 0 Å². The number of nitrogens with one attached hydrogen (secondary N) is 1. The van der Waals surface area contributed by atoms with Crippen molar-refractivity contribution in [2.75, 3.05) is 11.6 Å². The molecule has 0 aromatic heterocycles. The Morgan fingerprint density at radius 3 is 2.81 bits per heavy atom. The average molecular weight is 237 g/mol. The van der Waals surface area contributed by atoms with Crippen LogP contribution in [0.4, 0.5) is 5.69 Å². The van der Waals surface area contributed by atoms with Crippen LogP contribution in [0.3, 0.4) is 0 Å². The lowest BCUT2D eigenvalue weighted by Gasteiger charge is -2.17. The zero-order valence-corrected chi connectivity index (χ0v) is 10.7. The highest BCUT2D eigenvalue weighted by molar-refractivity contribution is 7.84. The average Bonchev–Trinajstić information content (AvgIpc) is 3.10. The highest BCUT2D eigenvalue weighted by atomic mass is 32.2. The standard InChI is InChI=1S/C13H19NOS/c1-3-13(10-7-8-10)14-11-5-4-6-12(9-11)16(2)15/h4-6,9-10,13-14H,3,7-8H2,1-2H3. The summed E-state index contributed by atoms with van der Waals surface area (Å²) < 4.78 is 11.4. The van der Waals surface area contributed by atoms with Gasteiger partial charge in [-0.25, -0.2) is 0 Å². The summed E-state index contributed by atoms with van der Waals surface area (Å²) in [4.78, 5) is 0.899. The summed E-state index contributed by atoms with van der Waals surface area (Å²) in [6, 6.07) is 8.53. The van der Waals surface area contributed by atoms with Crippen LogP contribution in [0.1, 0.15) is 26.2 Å². The molecule has 1 aromatic carbocycles. The molecule has 0 spiro atoms. The van der Waals surface area contributed by atoms with Gasteiger partial charge in [0.05, 0.1) is 0 Å². The third-order valence-electron chi connectivity index (χ3n) is 3.15. The maximum absolute atomic E-state index is 11.4. The molecule has 0 amide bonds. The number of hydrogen-bond acceptors (Lipinski definition) is 2. The van der Waals surface area contributed by atoms with Crippen LogP contribution >= 0.6 is 0 Å². The highest BCUT2D eigenvalue weighted by Crippen LogP contribution is 2.35. The molecule has 1 aromatic rings. The second-order valence-corrected chi connectivity index (χ2v) is 5.86. The van der Waals surface area contributed by atoms with E-state index in [1.165, 1.54) is 12.8 Å². The SMILES string of the molecule is CCC(Nc1cccc(S(C)=O)c1)C1CC1. The van der Waals surface area contributed by atoms with Crippen molar-refractivity contribution in [2.24, 2.45) is 5.92 Å². The number of benzene rings is 1. The van der Waals surface area contributed by atoms with Crippen LogP contribution in [0.2, 0.25) is 0 Å². The second-order valence-electron chi connectivity index (χ2n) is 4.48. The molecular formula is C13H19NOS. The monoisotopic (exact) mass is 237 g/mol. The lowest BCUT2D eigenvalue weighted by Crippen LogP contribution is -2.20. The van der Waals surface area contributed by atoms with Crippen molar-refractivity contribution in [3.05, 3.63) is 24.3 Å². The molecule has 1 N–H and O–H groups in total. The molecule has 2 unspecified atom stereocenters. The molecule has 0 aliphatic heterocycles. The minimum atomic E-state index is -0.891. The Labute approximate surface area is 99.9 Å². The number of anilines is 1. The topological polar surface area (TPSA) is 29.1 Å². The van der Waals surface area contributed by atoms with Gasteiger partial charge in [-0.3, -0.25) is 4.21 Å². The molecule has 1 fully saturated rings. The first-order chi connectivity index (χ1) is 7.70. The lowest BCUT2D eigenvalue weighted by molar-refractivity contribution is 0.616. The summed E-state index contributed by atoms with van der Waals surface area (Å²) in [7, 11) is -0.891. The van der Waals surface area contributed by atoms with Gasteiger partial charge in [0.25, 0.3) is 0 Å². The largest absolute Gasteiger partial charge is 0.382 e. The predicted octanol–water partition coefficient (Wildman–Crippen LogP) is 3.02. The van der Waals surface area contributed by atoms with Gasteiger partial charge in [-0.15, -0.1) is 0 Å². The van der Waals surface area contributed by atoms with Crippen molar-refractivity contribution in [3.63, 3.8) is 0 Å². The van der Waals surface area contributed by atoms with E-state index in [0.29, 0.717) is 6.04 Å². The van der Waals surface area contributed by atoms with E-state index in [9.17, 15) is 4.21 Å². The van der Waals surface area contributed by atoms with E-state index in [1.54, 1.807) is 6.26 Å². The Bertz CT molecular complexity index is 387. The molecule has 88 valence electrons. The molecule has 2 nitrogen and oxygen atoms in total. The van der Waals surface area contributed by atoms with Crippen LogP contribution in [0, 0.1) is 5.92 Å². The van der Waals surface area contributed by atoms with Gasteiger partial charge >= 0.3 is 0 Å². The van der Waals surface area contributed by atoms with E-state index in [0.717, 1.165) is 22.9 Å². The second kappa shape index (κ2) is 5.00. The molecule has 16 heavy (non-hydrogen) atoms. The first-order valence-corrected chi connectivity index (χ1v) is 7.46. The highest BCUT2D eigenvalue weighted by Gasteiger charge is 2.29. The van der Waals surface area contributed by atoms with Crippen LogP contribution in [0.15, 0.2) is 29.2 Å². The molecule has 3 heteroatoms. The maximum atomic E-state index is 11.4. The third kappa shape index (κ3) is 2.85. The number of hydrogen-bond donors (Lipinski definition) is 1. The fourth-order valence-electron chi connectivity index (χ4n) is 2.03. The Hall–Kier alpha value is -0.830. The molecule has 1 saturated carbocycles. The van der Waals surface area contributed by atoms with E-state index in [4.69, 9.17) is 0 Å². The van der Waals surface area contributed by atoms with E-state index in [2.05, 4.69) is 18.3 Å². The van der Waals surface area contributed by atoms with Crippen molar-refractivity contribution in [1.29, 1.82) is 0 Å². The smallest absolute Gasteiger partial charge is 0.0498 e. The van der Waals surface area contributed by atoms with Gasteiger partial charge in [0.2, 0.25) is 0 Å². The summed E-state index contributed by atoms with van der Waals surface area (Å²) in [5.41, 5.74) is 1.10. The van der Waals surface area contributed by atoms with Crippen LogP contribution < -0.4 is 5.32 Å². The molecule has 0 heterocycles. The molecular weight excluding hydrogens is 218 g/mol. The van der Waals surface area contributed by atoms with E-state index in [-0.39, 0.29) is 0 Å². The lowest BCUT2D eigenvalue weighted by atomic mass is 10.1. The van der Waals surface area contributed by atoms with Gasteiger partial charge < -0.3 is 5.32 Å². The predicted molar refractivity (Wildman–Crippen MR) is 69.2 cm³/mol. The first kappa shape index (κ1) is 11.6. The van der Waals surface area contributed by atoms with E-state index in [1.807, 2.05) is 18.2 Å². The number of rotatable bonds is 5. The van der Waals surface area contributed by atoms with Gasteiger partial charge in [-0.1, -0.05) is 13.0 Å². The Morgan fingerprint density at radius 2 is 2.25 bits per heavy atom. The van der Waals surface area contributed by atoms with Crippen molar-refractivity contribution in [3.8, 4) is 0 Å². The molecule has 1 aliphatic carbocycles. The summed E-state index contributed by atoms with van der Waals surface area (Å²) >= 11 is 0. The van der Waals surface area contributed by atoms with Crippen molar-refractivity contribution < 1.29 is 4.21 Å². The Balaban J connectivity index is 2.07. The molecule has 0 radical (unpaired) electrons. The maximum Gasteiger partial charge on any atom is 0.0498 e. The van der Waals surface area contributed by atoms with Crippen LogP contribution in [0.5, 0.6) is 0 Å². The fraction of sp³-hybridized carbons (Fsp3) is 0.538. The third-order valence-corrected chi connectivity index (χ3v) is 4.07. The Morgan fingerprint density at radius 1 is 1.50 bits per heavy atom. The zero-order chi connectivity index (χ0) is 11.5. The minimum absolute atomic E-state index is 0.584. The fourth-order valence-corrected chi connectivity index (χ4v) is 2.59. The molecule has 2 rings (SSSR count). The van der Waals surface area contributed by atoms with Crippen LogP contribution in [-0.2, 0) is 10.8 Å². The van der Waals surface area contributed by atoms with E-state index < -0.39 is 10.8 Å². The van der Waals surface area contributed by atoms with Crippen LogP contribution in [0.25, 0.3) is 0 Å². The van der Waals surface area contributed by atoms with Gasteiger partial charge in [-0.05, 0) is 43.4 Å². The quantitative estimate of drug-likeness (QED) is 0.853. The summed E-state index contributed by atoms with van der Waals surface area (Å²) in [6.07, 6.45) is 5.58. The first-order valence-electron chi connectivity index (χ1n) is 5.90. The molecule has 2 atom stereocenters. The normalized spacial score (nSPS) is 19.1. The van der Waals surface area contributed by atoms with Crippen molar-refractivity contribution in [2.45, 2.75) is 37.1 Å². The van der Waals surface area contributed by atoms with Gasteiger partial charge in [0.15, 0.2) is 0 Å². The molecule has 0 bridgehead atoms.